The van der Waals surface area contributed by atoms with Crippen LogP contribution in [0.5, 0.6) is 5.75 Å². The van der Waals surface area contributed by atoms with Crippen LogP contribution in [0.2, 0.25) is 0 Å². The van der Waals surface area contributed by atoms with Crippen molar-refractivity contribution in [3.8, 4) is 5.75 Å². The molecule has 2 aromatic rings. The summed E-state index contributed by atoms with van der Waals surface area (Å²) < 4.78 is 5.13. The van der Waals surface area contributed by atoms with Crippen LogP contribution in [-0.4, -0.2) is 22.1 Å². The van der Waals surface area contributed by atoms with Gasteiger partial charge >= 0.3 is 0 Å². The Morgan fingerprint density at radius 1 is 1.22 bits per heavy atom. The van der Waals surface area contributed by atoms with Crippen molar-refractivity contribution < 1.29 is 4.74 Å². The van der Waals surface area contributed by atoms with Crippen LogP contribution in [0.4, 0.5) is 0 Å². The molecule has 3 N–H and O–H groups in total. The Balaban J connectivity index is 2.35. The number of pyridine rings is 1. The molecule has 6 nitrogen and oxygen atoms in total. The monoisotopic (exact) mass is 245 g/mol. The molecular weight excluding hydrogens is 230 g/mol. The molecule has 0 bridgehead atoms. The van der Waals surface area contributed by atoms with E-state index >= 15 is 0 Å². The highest BCUT2D eigenvalue weighted by Gasteiger charge is 2.16. The number of hydrogen-bond acceptors (Lipinski definition) is 6. The molecule has 0 fully saturated rings. The lowest BCUT2D eigenvalue weighted by atomic mass is 10.1. The van der Waals surface area contributed by atoms with E-state index in [1.165, 1.54) is 0 Å². The van der Waals surface area contributed by atoms with Crippen molar-refractivity contribution in [3.05, 3.63) is 47.8 Å². The summed E-state index contributed by atoms with van der Waals surface area (Å²) in [6.45, 7) is 1.93. The molecule has 2 aromatic heterocycles. The van der Waals surface area contributed by atoms with Crippen LogP contribution >= 0.6 is 0 Å². The molecule has 0 aliphatic rings. The Kier molecular flexibility index (Phi) is 3.81. The van der Waals surface area contributed by atoms with E-state index in [0.29, 0.717) is 11.6 Å². The van der Waals surface area contributed by atoms with Crippen molar-refractivity contribution in [2.24, 2.45) is 5.84 Å². The Bertz CT molecular complexity index is 514. The van der Waals surface area contributed by atoms with E-state index in [-0.39, 0.29) is 6.04 Å². The average Bonchev–Trinajstić information content (AvgIpc) is 2.42. The lowest BCUT2D eigenvalue weighted by Gasteiger charge is -2.15. The maximum Gasteiger partial charge on any atom is 0.150 e. The lowest BCUT2D eigenvalue weighted by molar-refractivity contribution is 0.411. The van der Waals surface area contributed by atoms with E-state index in [1.807, 2.05) is 13.0 Å². The highest BCUT2D eigenvalue weighted by Crippen LogP contribution is 2.20. The predicted molar refractivity (Wildman–Crippen MR) is 66.7 cm³/mol. The third kappa shape index (κ3) is 2.61. The second-order valence-corrected chi connectivity index (χ2v) is 3.88. The number of nitrogens with zero attached hydrogens (tertiary/aromatic N) is 3. The van der Waals surface area contributed by atoms with Crippen molar-refractivity contribution in [1.29, 1.82) is 0 Å². The van der Waals surface area contributed by atoms with Crippen LogP contribution in [0.15, 0.2) is 30.9 Å². The van der Waals surface area contributed by atoms with Gasteiger partial charge in [-0.1, -0.05) is 0 Å². The number of rotatable bonds is 4. The maximum atomic E-state index is 5.57. The highest BCUT2D eigenvalue weighted by molar-refractivity contribution is 5.29. The number of ether oxygens (including phenoxy) is 1. The van der Waals surface area contributed by atoms with E-state index in [1.54, 1.807) is 31.9 Å². The third-order valence-corrected chi connectivity index (χ3v) is 2.53. The van der Waals surface area contributed by atoms with Crippen molar-refractivity contribution in [2.75, 3.05) is 7.11 Å². The summed E-state index contributed by atoms with van der Waals surface area (Å²) in [5.74, 6) is 6.83. The number of aryl methyl sites for hydroxylation is 1. The van der Waals surface area contributed by atoms with E-state index in [0.717, 1.165) is 11.1 Å². The Morgan fingerprint density at radius 3 is 2.56 bits per heavy atom. The number of hydrogen-bond donors (Lipinski definition) is 2. The minimum Gasteiger partial charge on any atom is -0.495 e. The molecule has 6 heteroatoms. The smallest absolute Gasteiger partial charge is 0.150 e. The van der Waals surface area contributed by atoms with E-state index in [4.69, 9.17) is 10.6 Å². The van der Waals surface area contributed by atoms with E-state index < -0.39 is 0 Å². The molecule has 0 aliphatic heterocycles. The predicted octanol–water partition coefficient (Wildman–Crippen LogP) is 0.741. The molecule has 0 amide bonds. The van der Waals surface area contributed by atoms with Gasteiger partial charge in [0.05, 0.1) is 13.3 Å². The molecule has 18 heavy (non-hydrogen) atoms. The summed E-state index contributed by atoms with van der Waals surface area (Å²) in [7, 11) is 1.59. The molecule has 2 heterocycles. The topological polar surface area (TPSA) is 86.0 Å². The molecule has 94 valence electrons. The van der Waals surface area contributed by atoms with Gasteiger partial charge in [-0.15, -0.1) is 0 Å². The molecule has 0 aliphatic carbocycles. The van der Waals surface area contributed by atoms with Crippen LogP contribution in [0.25, 0.3) is 0 Å². The first kappa shape index (κ1) is 12.4. The normalized spacial score (nSPS) is 12.2. The van der Waals surface area contributed by atoms with E-state index in [2.05, 4.69) is 20.4 Å². The number of hydrazine groups is 1. The van der Waals surface area contributed by atoms with Gasteiger partial charge in [-0.05, 0) is 24.1 Å². The SMILES string of the molecule is COc1cncc(C(NN)c2ncc(C)cn2)c1. The molecule has 0 saturated heterocycles. The second-order valence-electron chi connectivity index (χ2n) is 3.88. The first-order valence-corrected chi connectivity index (χ1v) is 5.48. The number of aromatic nitrogens is 3. The molecular formula is C12H15N5O. The summed E-state index contributed by atoms with van der Waals surface area (Å²) in [5, 5.41) is 0. The zero-order valence-electron chi connectivity index (χ0n) is 10.3. The van der Waals surface area contributed by atoms with Gasteiger partial charge < -0.3 is 4.74 Å². The molecule has 1 unspecified atom stereocenters. The van der Waals surface area contributed by atoms with Crippen LogP contribution in [0.3, 0.4) is 0 Å². The van der Waals surface area contributed by atoms with Crippen molar-refractivity contribution in [1.82, 2.24) is 20.4 Å². The van der Waals surface area contributed by atoms with Gasteiger partial charge in [0.25, 0.3) is 0 Å². The first-order chi connectivity index (χ1) is 8.74. The minimum atomic E-state index is -0.312. The van der Waals surface area contributed by atoms with Crippen molar-refractivity contribution >= 4 is 0 Å². The Morgan fingerprint density at radius 2 is 1.94 bits per heavy atom. The molecule has 0 saturated carbocycles. The summed E-state index contributed by atoms with van der Waals surface area (Å²) in [6.07, 6.45) is 6.84. The average molecular weight is 245 g/mol. The summed E-state index contributed by atoms with van der Waals surface area (Å²) in [5.41, 5.74) is 4.53. The number of nitrogens with two attached hydrogens (primary N) is 1. The van der Waals surface area contributed by atoms with Gasteiger partial charge in [-0.25, -0.2) is 15.4 Å². The zero-order valence-corrected chi connectivity index (χ0v) is 10.3. The lowest BCUT2D eigenvalue weighted by Crippen LogP contribution is -2.30. The largest absolute Gasteiger partial charge is 0.495 e. The molecule has 0 radical (unpaired) electrons. The second kappa shape index (κ2) is 5.52. The summed E-state index contributed by atoms with van der Waals surface area (Å²) in [4.78, 5) is 12.6. The van der Waals surface area contributed by atoms with Gasteiger partial charge in [-0.2, -0.15) is 0 Å². The van der Waals surface area contributed by atoms with Crippen LogP contribution in [0, 0.1) is 6.92 Å². The fourth-order valence-corrected chi connectivity index (χ4v) is 1.58. The summed E-state index contributed by atoms with van der Waals surface area (Å²) in [6, 6.07) is 1.54. The van der Waals surface area contributed by atoms with E-state index in [9.17, 15) is 0 Å². The third-order valence-electron chi connectivity index (χ3n) is 2.53. The van der Waals surface area contributed by atoms with Gasteiger partial charge in [-0.3, -0.25) is 10.8 Å². The van der Waals surface area contributed by atoms with Crippen molar-refractivity contribution in [3.63, 3.8) is 0 Å². The molecule has 0 spiro atoms. The van der Waals surface area contributed by atoms with Crippen LogP contribution in [-0.2, 0) is 0 Å². The van der Waals surface area contributed by atoms with Gasteiger partial charge in [0.1, 0.15) is 11.8 Å². The zero-order chi connectivity index (χ0) is 13.0. The Labute approximate surface area is 105 Å². The fraction of sp³-hybridized carbons (Fsp3) is 0.250. The molecule has 2 rings (SSSR count). The standard InChI is InChI=1S/C12H15N5O/c1-8-4-15-12(16-5-8)11(17-13)9-3-10(18-2)7-14-6-9/h3-7,11,17H,13H2,1-2H3. The number of methoxy groups -OCH3 is 1. The van der Waals surface area contributed by atoms with Gasteiger partial charge in [0, 0.05) is 18.6 Å². The van der Waals surface area contributed by atoms with Crippen LogP contribution < -0.4 is 16.0 Å². The Hall–Kier alpha value is -2.05. The van der Waals surface area contributed by atoms with Gasteiger partial charge in [0.15, 0.2) is 5.82 Å². The molecule has 0 aromatic carbocycles. The molecule has 1 atom stereocenters. The van der Waals surface area contributed by atoms with Crippen LogP contribution in [0.1, 0.15) is 23.0 Å². The maximum absolute atomic E-state index is 5.57. The summed E-state index contributed by atoms with van der Waals surface area (Å²) >= 11 is 0. The fourth-order valence-electron chi connectivity index (χ4n) is 1.58. The number of nitrogens with one attached hydrogen (secondary N) is 1. The minimum absolute atomic E-state index is 0.312. The quantitative estimate of drug-likeness (QED) is 0.610. The van der Waals surface area contributed by atoms with Gasteiger partial charge in [0.2, 0.25) is 0 Å². The van der Waals surface area contributed by atoms with Crippen molar-refractivity contribution in [2.45, 2.75) is 13.0 Å². The highest BCUT2D eigenvalue weighted by atomic mass is 16.5. The first-order valence-electron chi connectivity index (χ1n) is 5.48.